The van der Waals surface area contributed by atoms with E-state index in [1.165, 1.54) is 23.5 Å². The molecule has 5 nitrogen and oxygen atoms in total. The number of amides is 1. The lowest BCUT2D eigenvalue weighted by Crippen LogP contribution is -2.15. The van der Waals surface area contributed by atoms with Crippen LogP contribution in [0.25, 0.3) is 10.6 Å². The van der Waals surface area contributed by atoms with E-state index in [1.807, 2.05) is 24.3 Å². The zero-order valence-corrected chi connectivity index (χ0v) is 14.7. The van der Waals surface area contributed by atoms with Gasteiger partial charge in [-0.1, -0.05) is 29.0 Å². The van der Waals surface area contributed by atoms with Crippen LogP contribution in [0.5, 0.6) is 5.75 Å². The van der Waals surface area contributed by atoms with Crippen molar-refractivity contribution in [2.24, 2.45) is 0 Å². The van der Waals surface area contributed by atoms with Crippen LogP contribution < -0.4 is 10.1 Å². The van der Waals surface area contributed by atoms with Crippen molar-refractivity contribution in [1.82, 2.24) is 10.2 Å². The Balaban J connectivity index is 1.69. The molecule has 25 heavy (non-hydrogen) atoms. The normalized spacial score (nSPS) is 10.5. The van der Waals surface area contributed by atoms with Crippen molar-refractivity contribution >= 4 is 34.0 Å². The summed E-state index contributed by atoms with van der Waals surface area (Å²) in [6, 6.07) is 11.6. The Hall–Kier alpha value is -2.51. The monoisotopic (exact) mass is 377 g/mol. The van der Waals surface area contributed by atoms with Crippen molar-refractivity contribution in [3.05, 3.63) is 58.9 Å². The first-order chi connectivity index (χ1) is 12.1. The Bertz CT molecular complexity index is 879. The summed E-state index contributed by atoms with van der Waals surface area (Å²) in [5.41, 5.74) is 1.01. The van der Waals surface area contributed by atoms with Crippen LogP contribution in [0, 0.1) is 5.82 Å². The molecule has 0 aliphatic heterocycles. The van der Waals surface area contributed by atoms with Gasteiger partial charge < -0.3 is 10.1 Å². The van der Waals surface area contributed by atoms with Crippen LogP contribution in [0.1, 0.15) is 5.56 Å². The number of nitrogens with zero attached hydrogens (tertiary/aromatic N) is 2. The molecule has 8 heteroatoms. The fraction of sp³-hybridized carbons (Fsp3) is 0.118. The molecule has 0 saturated carbocycles. The fourth-order valence-electron chi connectivity index (χ4n) is 2.15. The molecule has 0 bridgehead atoms. The molecule has 3 aromatic rings. The molecule has 128 valence electrons. The molecule has 1 amide bonds. The van der Waals surface area contributed by atoms with Gasteiger partial charge in [0.2, 0.25) is 11.0 Å². The summed E-state index contributed by atoms with van der Waals surface area (Å²) in [5, 5.41) is 11.8. The van der Waals surface area contributed by atoms with Crippen molar-refractivity contribution in [3.63, 3.8) is 0 Å². The number of benzene rings is 2. The van der Waals surface area contributed by atoms with Gasteiger partial charge in [-0.2, -0.15) is 0 Å². The van der Waals surface area contributed by atoms with Crippen LogP contribution in [0.15, 0.2) is 42.5 Å². The molecule has 1 heterocycles. The van der Waals surface area contributed by atoms with E-state index in [0.717, 1.165) is 11.3 Å². The minimum atomic E-state index is -0.515. The van der Waals surface area contributed by atoms with E-state index >= 15 is 0 Å². The molecule has 0 fully saturated rings. The van der Waals surface area contributed by atoms with Crippen LogP contribution >= 0.6 is 22.9 Å². The van der Waals surface area contributed by atoms with Crippen molar-refractivity contribution < 1.29 is 13.9 Å². The Morgan fingerprint density at radius 1 is 1.24 bits per heavy atom. The maximum absolute atomic E-state index is 13.7. The molecule has 0 unspecified atom stereocenters. The first kappa shape index (κ1) is 17.3. The summed E-state index contributed by atoms with van der Waals surface area (Å²) < 4.78 is 18.8. The Morgan fingerprint density at radius 2 is 2.00 bits per heavy atom. The maximum atomic E-state index is 13.7. The molecule has 1 aromatic heterocycles. The average Bonchev–Trinajstić information content (AvgIpc) is 3.07. The van der Waals surface area contributed by atoms with Crippen molar-refractivity contribution in [3.8, 4) is 16.3 Å². The summed E-state index contributed by atoms with van der Waals surface area (Å²) in [5.74, 6) is -0.188. The lowest BCUT2D eigenvalue weighted by Gasteiger charge is -2.05. The summed E-state index contributed by atoms with van der Waals surface area (Å²) in [4.78, 5) is 12.1. The summed E-state index contributed by atoms with van der Waals surface area (Å²) in [7, 11) is 1.59. The lowest BCUT2D eigenvalue weighted by atomic mass is 10.1. The summed E-state index contributed by atoms with van der Waals surface area (Å²) >= 11 is 7.15. The largest absolute Gasteiger partial charge is 0.497 e. The molecule has 0 aliphatic carbocycles. The van der Waals surface area contributed by atoms with Gasteiger partial charge in [-0.3, -0.25) is 4.79 Å². The number of hydrogen-bond acceptors (Lipinski definition) is 5. The molecule has 1 N–H and O–H groups in total. The predicted octanol–water partition coefficient (Wildman–Crippen LogP) is 4.19. The zero-order valence-electron chi connectivity index (χ0n) is 13.1. The van der Waals surface area contributed by atoms with Crippen LogP contribution in [-0.2, 0) is 11.2 Å². The van der Waals surface area contributed by atoms with E-state index in [1.54, 1.807) is 13.2 Å². The molecule has 0 atom stereocenters. The highest BCUT2D eigenvalue weighted by molar-refractivity contribution is 7.18. The minimum absolute atomic E-state index is 0.154. The number of nitrogens with one attached hydrogen (secondary N) is 1. The first-order valence-electron chi connectivity index (χ1n) is 7.27. The van der Waals surface area contributed by atoms with Crippen LogP contribution in [0.4, 0.5) is 9.52 Å². The lowest BCUT2D eigenvalue weighted by molar-refractivity contribution is -0.115. The van der Waals surface area contributed by atoms with E-state index < -0.39 is 11.7 Å². The molecule has 3 rings (SSSR count). The second-order valence-corrected chi connectivity index (χ2v) is 6.45. The third-order valence-corrected chi connectivity index (χ3v) is 4.65. The number of anilines is 1. The standard InChI is InChI=1S/C17H13ClFN3O2S/c1-24-11-7-5-10(6-8-11)16-21-22-17(25-16)20-15(23)9-12-13(18)3-2-4-14(12)19/h2-8H,9H2,1H3,(H,20,22,23). The van der Waals surface area contributed by atoms with E-state index in [9.17, 15) is 9.18 Å². The van der Waals surface area contributed by atoms with E-state index in [-0.39, 0.29) is 17.0 Å². The van der Waals surface area contributed by atoms with Gasteiger partial charge in [0.15, 0.2) is 0 Å². The van der Waals surface area contributed by atoms with Gasteiger partial charge in [-0.15, -0.1) is 10.2 Å². The molecule has 0 aliphatic rings. The smallest absolute Gasteiger partial charge is 0.230 e. The second kappa shape index (κ2) is 7.58. The number of halogens is 2. The number of carbonyl (C=O) groups excluding carboxylic acids is 1. The van der Waals surface area contributed by atoms with E-state index in [0.29, 0.717) is 10.1 Å². The predicted molar refractivity (Wildman–Crippen MR) is 95.6 cm³/mol. The Kier molecular flexibility index (Phi) is 5.25. The topological polar surface area (TPSA) is 64.1 Å². The van der Waals surface area contributed by atoms with E-state index in [2.05, 4.69) is 15.5 Å². The van der Waals surface area contributed by atoms with Crippen LogP contribution in [0.2, 0.25) is 5.02 Å². The average molecular weight is 378 g/mol. The maximum Gasteiger partial charge on any atom is 0.230 e. The van der Waals surface area contributed by atoms with Crippen molar-refractivity contribution in [2.75, 3.05) is 12.4 Å². The van der Waals surface area contributed by atoms with Gasteiger partial charge >= 0.3 is 0 Å². The molecule has 0 radical (unpaired) electrons. The second-order valence-electron chi connectivity index (χ2n) is 5.07. The number of carbonyl (C=O) groups is 1. The number of methoxy groups -OCH3 is 1. The first-order valence-corrected chi connectivity index (χ1v) is 8.47. The third kappa shape index (κ3) is 4.12. The van der Waals surface area contributed by atoms with Gasteiger partial charge in [0.25, 0.3) is 0 Å². The quantitative estimate of drug-likeness (QED) is 0.724. The molecule has 0 saturated heterocycles. The van der Waals surface area contributed by atoms with Crippen LogP contribution in [-0.4, -0.2) is 23.2 Å². The SMILES string of the molecule is COc1ccc(-c2nnc(NC(=O)Cc3c(F)cccc3Cl)s2)cc1. The van der Waals surface area contributed by atoms with Crippen LogP contribution in [0.3, 0.4) is 0 Å². The fourth-order valence-corrected chi connectivity index (χ4v) is 3.14. The van der Waals surface area contributed by atoms with Gasteiger partial charge in [0, 0.05) is 16.1 Å². The van der Waals surface area contributed by atoms with Gasteiger partial charge in [0.05, 0.1) is 13.5 Å². The van der Waals surface area contributed by atoms with Gasteiger partial charge in [-0.25, -0.2) is 4.39 Å². The number of hydrogen-bond donors (Lipinski definition) is 1. The van der Waals surface area contributed by atoms with Crippen molar-refractivity contribution in [1.29, 1.82) is 0 Å². The molecule has 0 spiro atoms. The third-order valence-electron chi connectivity index (χ3n) is 3.41. The molecular weight excluding hydrogens is 365 g/mol. The highest BCUT2D eigenvalue weighted by Gasteiger charge is 2.14. The zero-order chi connectivity index (χ0) is 17.8. The van der Waals surface area contributed by atoms with Gasteiger partial charge in [0.1, 0.15) is 16.6 Å². The number of aromatic nitrogens is 2. The van der Waals surface area contributed by atoms with E-state index in [4.69, 9.17) is 16.3 Å². The highest BCUT2D eigenvalue weighted by atomic mass is 35.5. The number of rotatable bonds is 5. The minimum Gasteiger partial charge on any atom is -0.497 e. The summed E-state index contributed by atoms with van der Waals surface area (Å²) in [6.07, 6.45) is -0.178. The summed E-state index contributed by atoms with van der Waals surface area (Å²) in [6.45, 7) is 0. The highest BCUT2D eigenvalue weighted by Crippen LogP contribution is 2.28. The van der Waals surface area contributed by atoms with Gasteiger partial charge in [-0.05, 0) is 36.4 Å². The molecular formula is C17H13ClFN3O2S. The Labute approximate surface area is 152 Å². The molecule has 2 aromatic carbocycles. The number of ether oxygens (including phenoxy) is 1. The van der Waals surface area contributed by atoms with Crippen molar-refractivity contribution in [2.45, 2.75) is 6.42 Å². The Morgan fingerprint density at radius 3 is 2.68 bits per heavy atom.